The number of nitrogens with one attached hydrogen (secondary N) is 1. The zero-order valence-corrected chi connectivity index (χ0v) is 34.4. The molecular formula is C47H51NO11. The van der Waals surface area contributed by atoms with Crippen LogP contribution in [-0.4, -0.2) is 73.7 Å². The van der Waals surface area contributed by atoms with E-state index in [-0.39, 0.29) is 6.04 Å². The highest BCUT2D eigenvalue weighted by molar-refractivity contribution is 5.86. The molecule has 0 fully saturated rings. The van der Waals surface area contributed by atoms with Crippen molar-refractivity contribution in [3.63, 3.8) is 0 Å². The van der Waals surface area contributed by atoms with E-state index in [4.69, 9.17) is 43.0 Å². The van der Waals surface area contributed by atoms with Crippen LogP contribution in [0.2, 0.25) is 0 Å². The summed E-state index contributed by atoms with van der Waals surface area (Å²) >= 11 is 0. The molecule has 0 bridgehead atoms. The Bertz CT molecular complexity index is 2180. The lowest BCUT2D eigenvalue weighted by Gasteiger charge is -2.26. The zero-order chi connectivity index (χ0) is 42.6. The lowest BCUT2D eigenvalue weighted by atomic mass is 9.93. The number of benzene rings is 5. The standard InChI is InChI=1S/C27H29NO4.C11H12O4.C9H10O3/c1-29-22-11-9-20(25(16-22)30-2)10-12-24-23-17-26(31-3)27(15-21(23)13-14-28-24)32-18-19-7-5-4-6-8-19;1-14-9-5-3-8(4-6-11(12)13)10(7-9)15-2;1-11-8-4-3-7(6-10)9(5-8)12-2/h4-12,15-17,24,28H,13-14,18H2,1-3H3;3-7H,1-2H3,(H,12,13);3-6H,1-2H3/b12-10+;6-4+;. The Morgan fingerprint density at radius 2 is 1.15 bits per heavy atom. The number of aldehydes is 1. The van der Waals surface area contributed by atoms with Crippen molar-refractivity contribution in [3.8, 4) is 46.0 Å². The summed E-state index contributed by atoms with van der Waals surface area (Å²) in [4.78, 5) is 20.8. The van der Waals surface area contributed by atoms with Crippen molar-refractivity contribution in [2.45, 2.75) is 19.1 Å². The number of carbonyl (C=O) groups is 2. The van der Waals surface area contributed by atoms with Gasteiger partial charge in [0.1, 0.15) is 41.1 Å². The molecule has 0 saturated heterocycles. The lowest BCUT2D eigenvalue weighted by molar-refractivity contribution is -0.131. The van der Waals surface area contributed by atoms with Crippen molar-refractivity contribution < 1.29 is 52.6 Å². The van der Waals surface area contributed by atoms with Gasteiger partial charge in [-0.25, -0.2) is 4.79 Å². The molecular weight excluding hydrogens is 755 g/mol. The van der Waals surface area contributed by atoms with Gasteiger partial charge in [0.15, 0.2) is 17.8 Å². The SMILES string of the molecule is COc1ccc(/C=C/C(=O)O)c(OC)c1.COc1ccc(/C=C/C2NCCc3cc(OCc4ccccc4)c(OC)cc32)c(OC)c1.COc1ccc(C=O)c(OC)c1. The fourth-order valence-electron chi connectivity index (χ4n) is 5.96. The minimum atomic E-state index is -0.993. The Kier molecular flexibility index (Phi) is 17.7. The van der Waals surface area contributed by atoms with E-state index >= 15 is 0 Å². The van der Waals surface area contributed by atoms with Gasteiger partial charge in [-0.15, -0.1) is 0 Å². The van der Waals surface area contributed by atoms with Crippen LogP contribution in [0.15, 0.2) is 109 Å². The highest BCUT2D eigenvalue weighted by atomic mass is 16.5. The Hall–Kier alpha value is -6.92. The Labute approximate surface area is 345 Å². The van der Waals surface area contributed by atoms with Crippen LogP contribution < -0.4 is 43.2 Å². The summed E-state index contributed by atoms with van der Waals surface area (Å²) in [7, 11) is 11.2. The van der Waals surface area contributed by atoms with Crippen LogP contribution >= 0.6 is 0 Å². The first-order valence-corrected chi connectivity index (χ1v) is 18.5. The molecule has 6 rings (SSSR count). The van der Waals surface area contributed by atoms with Gasteiger partial charge in [0, 0.05) is 41.9 Å². The van der Waals surface area contributed by atoms with Gasteiger partial charge < -0.3 is 48.3 Å². The van der Waals surface area contributed by atoms with Crippen molar-refractivity contribution in [1.29, 1.82) is 0 Å². The van der Waals surface area contributed by atoms with Crippen LogP contribution in [0, 0.1) is 0 Å². The van der Waals surface area contributed by atoms with E-state index in [1.54, 1.807) is 71.9 Å². The summed E-state index contributed by atoms with van der Waals surface area (Å²) in [6.07, 6.45) is 8.46. The quantitative estimate of drug-likeness (QED) is 0.0775. The molecule has 5 aromatic rings. The number of hydrogen-bond donors (Lipinski definition) is 2. The van der Waals surface area contributed by atoms with Crippen LogP contribution in [-0.2, 0) is 17.8 Å². The normalized spacial score (nSPS) is 12.8. The maximum Gasteiger partial charge on any atom is 0.328 e. The monoisotopic (exact) mass is 805 g/mol. The van der Waals surface area contributed by atoms with Gasteiger partial charge in [-0.2, -0.15) is 0 Å². The topological polar surface area (TPSA) is 140 Å². The van der Waals surface area contributed by atoms with E-state index in [0.29, 0.717) is 40.7 Å². The largest absolute Gasteiger partial charge is 0.497 e. The van der Waals surface area contributed by atoms with E-state index < -0.39 is 5.97 Å². The molecule has 12 nitrogen and oxygen atoms in total. The number of ether oxygens (including phenoxy) is 8. The molecule has 2 N–H and O–H groups in total. The molecule has 310 valence electrons. The van der Waals surface area contributed by atoms with Gasteiger partial charge in [0.25, 0.3) is 0 Å². The second kappa shape index (κ2) is 23.3. The van der Waals surface area contributed by atoms with E-state index in [1.165, 1.54) is 31.4 Å². The molecule has 1 unspecified atom stereocenters. The highest BCUT2D eigenvalue weighted by Gasteiger charge is 2.21. The average molecular weight is 806 g/mol. The predicted molar refractivity (Wildman–Crippen MR) is 228 cm³/mol. The van der Waals surface area contributed by atoms with Gasteiger partial charge in [-0.3, -0.25) is 4.79 Å². The summed E-state index contributed by atoms with van der Waals surface area (Å²) in [5, 5.41) is 12.1. The number of carbonyl (C=O) groups excluding carboxylic acids is 1. The number of carboxylic acid groups (broad SMARTS) is 1. The second-order valence-electron chi connectivity index (χ2n) is 12.6. The maximum atomic E-state index is 10.5. The van der Waals surface area contributed by atoms with E-state index in [2.05, 4.69) is 41.7 Å². The van der Waals surface area contributed by atoms with Crippen LogP contribution in [0.3, 0.4) is 0 Å². The smallest absolute Gasteiger partial charge is 0.328 e. The third-order valence-corrected chi connectivity index (χ3v) is 9.08. The Morgan fingerprint density at radius 3 is 1.66 bits per heavy atom. The molecule has 0 radical (unpaired) electrons. The first kappa shape index (κ1) is 44.8. The highest BCUT2D eigenvalue weighted by Crippen LogP contribution is 2.37. The predicted octanol–water partition coefficient (Wildman–Crippen LogP) is 8.51. The van der Waals surface area contributed by atoms with Gasteiger partial charge >= 0.3 is 5.97 Å². The van der Waals surface area contributed by atoms with Gasteiger partial charge in [-0.1, -0.05) is 42.5 Å². The van der Waals surface area contributed by atoms with Crippen LogP contribution in [0.4, 0.5) is 0 Å². The summed E-state index contributed by atoms with van der Waals surface area (Å²) in [6, 6.07) is 30.5. The lowest BCUT2D eigenvalue weighted by Crippen LogP contribution is -2.28. The number of methoxy groups -OCH3 is 7. The first-order valence-electron chi connectivity index (χ1n) is 18.5. The number of rotatable bonds is 15. The Balaban J connectivity index is 0.000000235. The summed E-state index contributed by atoms with van der Waals surface area (Å²) < 4.78 is 42.6. The molecule has 5 aromatic carbocycles. The van der Waals surface area contributed by atoms with E-state index in [1.807, 2.05) is 36.4 Å². The minimum absolute atomic E-state index is 0.0719. The van der Waals surface area contributed by atoms with Crippen molar-refractivity contribution in [2.24, 2.45) is 0 Å². The minimum Gasteiger partial charge on any atom is -0.497 e. The zero-order valence-electron chi connectivity index (χ0n) is 34.4. The molecule has 1 heterocycles. The van der Waals surface area contributed by atoms with Crippen LogP contribution in [0.5, 0.6) is 46.0 Å². The van der Waals surface area contributed by atoms with Crippen molar-refractivity contribution in [2.75, 3.05) is 56.3 Å². The number of fused-ring (bicyclic) bond motifs is 1. The molecule has 12 heteroatoms. The fourth-order valence-corrected chi connectivity index (χ4v) is 5.96. The number of carboxylic acids is 1. The van der Waals surface area contributed by atoms with Crippen molar-refractivity contribution >= 4 is 24.4 Å². The number of hydrogen-bond acceptors (Lipinski definition) is 11. The van der Waals surface area contributed by atoms with Gasteiger partial charge in [0.05, 0.1) is 61.4 Å². The van der Waals surface area contributed by atoms with Gasteiger partial charge in [0.2, 0.25) is 0 Å². The van der Waals surface area contributed by atoms with E-state index in [0.717, 1.165) is 59.5 Å². The molecule has 0 spiro atoms. The molecule has 1 aliphatic heterocycles. The van der Waals surface area contributed by atoms with Crippen LogP contribution in [0.25, 0.3) is 12.2 Å². The molecule has 1 aliphatic rings. The summed E-state index contributed by atoms with van der Waals surface area (Å²) in [6.45, 7) is 1.40. The molecule has 0 amide bonds. The Morgan fingerprint density at radius 1 is 0.627 bits per heavy atom. The molecule has 0 aromatic heterocycles. The maximum absolute atomic E-state index is 10.5. The summed E-state index contributed by atoms with van der Waals surface area (Å²) in [5.74, 6) is 4.52. The van der Waals surface area contributed by atoms with Crippen molar-refractivity contribution in [3.05, 3.63) is 143 Å². The first-order chi connectivity index (χ1) is 28.7. The van der Waals surface area contributed by atoms with Crippen molar-refractivity contribution in [1.82, 2.24) is 5.32 Å². The molecule has 1 atom stereocenters. The number of aliphatic carboxylic acids is 1. The van der Waals surface area contributed by atoms with E-state index in [9.17, 15) is 9.59 Å². The van der Waals surface area contributed by atoms with Gasteiger partial charge in [-0.05, 0) is 77.7 Å². The summed E-state index contributed by atoms with van der Waals surface area (Å²) in [5.41, 5.74) is 5.81. The fraction of sp³-hybridized carbons (Fsp3) is 0.234. The second-order valence-corrected chi connectivity index (χ2v) is 12.6. The van der Waals surface area contributed by atoms with Crippen LogP contribution in [0.1, 0.15) is 44.2 Å². The average Bonchev–Trinajstić information content (AvgIpc) is 3.29. The third kappa shape index (κ3) is 13.1. The molecule has 0 saturated carbocycles. The molecule has 0 aliphatic carbocycles. The third-order valence-electron chi connectivity index (χ3n) is 9.08. The molecule has 59 heavy (non-hydrogen) atoms.